The largest absolute Gasteiger partial charge is 0.354 e. The molecule has 3 aromatic carbocycles. The number of halogens is 1. The quantitative estimate of drug-likeness (QED) is 0.285. The summed E-state index contributed by atoms with van der Waals surface area (Å²) in [4.78, 5) is 29.3. The molecule has 0 radical (unpaired) electrons. The van der Waals surface area contributed by atoms with Gasteiger partial charge < -0.3 is 10.2 Å². The first-order valence-corrected chi connectivity index (χ1v) is 16.0. The Morgan fingerprint density at radius 2 is 1.52 bits per heavy atom. The summed E-state index contributed by atoms with van der Waals surface area (Å²) in [7, 11) is -3.52. The van der Waals surface area contributed by atoms with Crippen LogP contribution < -0.4 is 5.32 Å². The van der Waals surface area contributed by atoms with Gasteiger partial charge in [0.2, 0.25) is 21.8 Å². The minimum atomic E-state index is -3.52. The molecule has 1 heterocycles. The van der Waals surface area contributed by atoms with E-state index in [1.165, 1.54) is 16.4 Å². The summed E-state index contributed by atoms with van der Waals surface area (Å²) in [6.45, 7) is 5.86. The van der Waals surface area contributed by atoms with Crippen LogP contribution in [-0.2, 0) is 32.6 Å². The van der Waals surface area contributed by atoms with Crippen LogP contribution in [0.3, 0.4) is 0 Å². The molecule has 1 aliphatic heterocycles. The highest BCUT2D eigenvalue weighted by Gasteiger charge is 2.31. The van der Waals surface area contributed by atoms with Crippen molar-refractivity contribution in [3.05, 3.63) is 101 Å². The Balaban J connectivity index is 1.55. The Morgan fingerprint density at radius 1 is 0.905 bits per heavy atom. The minimum Gasteiger partial charge on any atom is -0.354 e. The molecule has 4 rings (SSSR count). The van der Waals surface area contributed by atoms with Crippen molar-refractivity contribution < 1.29 is 22.4 Å². The molecule has 1 N–H and O–H groups in total. The molecule has 1 saturated heterocycles. The number of aryl methyl sites for hydroxylation is 1. The molecular weight excluding hydrogens is 553 g/mol. The summed E-state index contributed by atoms with van der Waals surface area (Å²) >= 11 is 0. The van der Waals surface area contributed by atoms with E-state index in [-0.39, 0.29) is 35.5 Å². The van der Waals surface area contributed by atoms with E-state index in [1.807, 2.05) is 30.3 Å². The van der Waals surface area contributed by atoms with Crippen LogP contribution >= 0.6 is 0 Å². The number of nitrogens with one attached hydrogen (secondary N) is 1. The van der Waals surface area contributed by atoms with Crippen LogP contribution in [0.1, 0.15) is 62.3 Å². The lowest BCUT2D eigenvalue weighted by Gasteiger charge is -2.32. The predicted octanol–water partition coefficient (Wildman–Crippen LogP) is 5.48. The molecule has 1 unspecified atom stereocenters. The van der Waals surface area contributed by atoms with Gasteiger partial charge in [-0.1, -0.05) is 68.4 Å². The number of nitrogens with zero attached hydrogens (tertiary/aromatic N) is 2. The fourth-order valence-electron chi connectivity index (χ4n) is 5.10. The van der Waals surface area contributed by atoms with Crippen LogP contribution in [0.4, 0.5) is 4.39 Å². The smallest absolute Gasteiger partial charge is 0.247 e. The van der Waals surface area contributed by atoms with Crippen LogP contribution in [0.15, 0.2) is 83.8 Å². The molecule has 7 nitrogen and oxygen atoms in total. The Kier molecular flexibility index (Phi) is 10.9. The van der Waals surface area contributed by atoms with E-state index in [1.54, 1.807) is 41.3 Å². The van der Waals surface area contributed by atoms with Crippen LogP contribution in [-0.4, -0.2) is 49.1 Å². The molecular formula is C33H40FN3O4S. The zero-order chi connectivity index (χ0) is 30.1. The summed E-state index contributed by atoms with van der Waals surface area (Å²) in [6, 6.07) is 20.9. The average molecular weight is 594 g/mol. The van der Waals surface area contributed by atoms with Gasteiger partial charge in [0.25, 0.3) is 0 Å². The van der Waals surface area contributed by atoms with Gasteiger partial charge in [-0.3, -0.25) is 9.59 Å². The molecule has 0 spiro atoms. The Morgan fingerprint density at radius 3 is 2.14 bits per heavy atom. The molecule has 9 heteroatoms. The highest BCUT2D eigenvalue weighted by molar-refractivity contribution is 7.89. The van der Waals surface area contributed by atoms with Crippen molar-refractivity contribution >= 4 is 21.8 Å². The summed E-state index contributed by atoms with van der Waals surface area (Å²) < 4.78 is 40.9. The zero-order valence-corrected chi connectivity index (χ0v) is 25.2. The van der Waals surface area contributed by atoms with Gasteiger partial charge in [-0.05, 0) is 72.6 Å². The van der Waals surface area contributed by atoms with E-state index in [2.05, 4.69) is 19.2 Å². The van der Waals surface area contributed by atoms with Crippen molar-refractivity contribution in [3.8, 4) is 0 Å². The Hall–Kier alpha value is -3.56. The number of carbonyl (C=O) groups is 2. The fourth-order valence-corrected chi connectivity index (χ4v) is 6.62. The maximum absolute atomic E-state index is 13.9. The third kappa shape index (κ3) is 8.26. The first-order valence-electron chi connectivity index (χ1n) is 14.6. The van der Waals surface area contributed by atoms with E-state index in [0.717, 1.165) is 24.8 Å². The molecule has 224 valence electrons. The fraction of sp³-hybridized carbons (Fsp3) is 0.394. The molecule has 1 aliphatic rings. The highest BCUT2D eigenvalue weighted by Crippen LogP contribution is 2.26. The number of carbonyl (C=O) groups excluding carboxylic acids is 2. The normalized spacial score (nSPS) is 14.6. The molecule has 2 amide bonds. The molecule has 0 aliphatic carbocycles. The molecule has 42 heavy (non-hydrogen) atoms. The van der Waals surface area contributed by atoms with Gasteiger partial charge in [-0.2, -0.15) is 4.31 Å². The van der Waals surface area contributed by atoms with Crippen molar-refractivity contribution in [1.82, 2.24) is 14.5 Å². The van der Waals surface area contributed by atoms with Gasteiger partial charge in [0, 0.05) is 32.6 Å². The van der Waals surface area contributed by atoms with E-state index in [9.17, 15) is 22.4 Å². The number of amides is 2. The van der Waals surface area contributed by atoms with Crippen molar-refractivity contribution in [2.45, 2.75) is 63.4 Å². The lowest BCUT2D eigenvalue weighted by molar-refractivity contribution is -0.141. The predicted molar refractivity (Wildman–Crippen MR) is 161 cm³/mol. The summed E-state index contributed by atoms with van der Waals surface area (Å²) in [6.07, 6.45) is 3.03. The molecule has 0 aromatic heterocycles. The second kappa shape index (κ2) is 14.6. The van der Waals surface area contributed by atoms with Crippen molar-refractivity contribution in [1.29, 1.82) is 0 Å². The number of hydrogen-bond donors (Lipinski definition) is 1. The molecule has 0 bridgehead atoms. The third-order valence-corrected chi connectivity index (χ3v) is 9.45. The van der Waals surface area contributed by atoms with Crippen LogP contribution in [0.2, 0.25) is 0 Å². The van der Waals surface area contributed by atoms with Gasteiger partial charge >= 0.3 is 0 Å². The SMILES string of the molecule is CC(C)CCNC(=O)C(c1ccccc1)N(Cc1ccc(F)cc1)C(=O)CCc1ccc(S(=O)(=O)N2CCCC2)cc1. The highest BCUT2D eigenvalue weighted by atomic mass is 32.2. The van der Waals surface area contributed by atoms with Crippen LogP contribution in [0, 0.1) is 11.7 Å². The Bertz CT molecular complexity index is 1420. The second-order valence-electron chi connectivity index (χ2n) is 11.2. The number of hydrogen-bond acceptors (Lipinski definition) is 4. The lowest BCUT2D eigenvalue weighted by Crippen LogP contribution is -2.43. The third-order valence-electron chi connectivity index (χ3n) is 7.54. The molecule has 1 atom stereocenters. The lowest BCUT2D eigenvalue weighted by atomic mass is 10.0. The average Bonchev–Trinajstić information content (AvgIpc) is 3.54. The van der Waals surface area contributed by atoms with E-state index in [0.29, 0.717) is 43.1 Å². The van der Waals surface area contributed by atoms with E-state index in [4.69, 9.17) is 0 Å². The van der Waals surface area contributed by atoms with Gasteiger partial charge in [-0.25, -0.2) is 12.8 Å². The first-order chi connectivity index (χ1) is 20.1. The number of benzene rings is 3. The zero-order valence-electron chi connectivity index (χ0n) is 24.3. The van der Waals surface area contributed by atoms with Crippen LogP contribution in [0.25, 0.3) is 0 Å². The van der Waals surface area contributed by atoms with E-state index >= 15 is 0 Å². The monoisotopic (exact) mass is 593 g/mol. The number of rotatable bonds is 13. The van der Waals surface area contributed by atoms with E-state index < -0.39 is 16.1 Å². The van der Waals surface area contributed by atoms with Gasteiger partial charge in [-0.15, -0.1) is 0 Å². The Labute approximate surface area is 248 Å². The summed E-state index contributed by atoms with van der Waals surface area (Å²) in [5.41, 5.74) is 2.21. The molecule has 3 aromatic rings. The molecule has 0 saturated carbocycles. The summed E-state index contributed by atoms with van der Waals surface area (Å²) in [5.74, 6) is -0.471. The van der Waals surface area contributed by atoms with Gasteiger partial charge in [0.15, 0.2) is 0 Å². The standard InChI is InChI=1S/C33H40FN3O4S/c1-25(2)20-21-35-33(39)32(28-8-4-3-5-9-28)37(24-27-10-15-29(34)16-11-27)31(38)19-14-26-12-17-30(18-13-26)42(40,41)36-22-6-7-23-36/h3-5,8-13,15-18,25,32H,6-7,14,19-24H2,1-2H3,(H,35,39). The van der Waals surface area contributed by atoms with Crippen LogP contribution in [0.5, 0.6) is 0 Å². The maximum atomic E-state index is 13.9. The maximum Gasteiger partial charge on any atom is 0.247 e. The summed E-state index contributed by atoms with van der Waals surface area (Å²) in [5, 5.41) is 3.01. The first kappa shape index (κ1) is 31.4. The van der Waals surface area contributed by atoms with Crippen molar-refractivity contribution in [2.75, 3.05) is 19.6 Å². The number of sulfonamides is 1. The van der Waals surface area contributed by atoms with Gasteiger partial charge in [0.05, 0.1) is 4.90 Å². The van der Waals surface area contributed by atoms with Gasteiger partial charge in [0.1, 0.15) is 11.9 Å². The topological polar surface area (TPSA) is 86.8 Å². The molecule has 1 fully saturated rings. The second-order valence-corrected chi connectivity index (χ2v) is 13.1. The minimum absolute atomic E-state index is 0.113. The van der Waals surface area contributed by atoms with Crippen molar-refractivity contribution in [2.24, 2.45) is 5.92 Å². The van der Waals surface area contributed by atoms with Crippen molar-refractivity contribution in [3.63, 3.8) is 0 Å².